The first kappa shape index (κ1) is 17.0. The number of hydrogen-bond donors (Lipinski definition) is 1. The van der Waals surface area contributed by atoms with Crippen LogP contribution in [0.3, 0.4) is 0 Å². The molecule has 25 heavy (non-hydrogen) atoms. The highest BCUT2D eigenvalue weighted by Gasteiger charge is 2.60. The summed E-state index contributed by atoms with van der Waals surface area (Å²) in [6.07, 6.45) is -0.622. The van der Waals surface area contributed by atoms with Crippen LogP contribution in [0, 0.1) is 0 Å². The van der Waals surface area contributed by atoms with Gasteiger partial charge in [-0.3, -0.25) is 4.79 Å². The largest absolute Gasteiger partial charge is 0.459 e. The van der Waals surface area contributed by atoms with Crippen molar-refractivity contribution in [2.75, 3.05) is 6.54 Å². The van der Waals surface area contributed by atoms with Gasteiger partial charge in [0.15, 0.2) is 23.6 Å². The lowest BCUT2D eigenvalue weighted by Gasteiger charge is -2.37. The summed E-state index contributed by atoms with van der Waals surface area (Å²) in [5, 5.41) is 2.81. The Morgan fingerprint density at radius 1 is 1.04 bits per heavy atom. The highest BCUT2D eigenvalue weighted by molar-refractivity contribution is 5.91. The summed E-state index contributed by atoms with van der Waals surface area (Å²) in [5.74, 6) is -1.58. The van der Waals surface area contributed by atoms with Crippen molar-refractivity contribution in [1.29, 1.82) is 0 Å². The van der Waals surface area contributed by atoms with Gasteiger partial charge in [0.2, 0.25) is 0 Å². The summed E-state index contributed by atoms with van der Waals surface area (Å²) in [4.78, 5) is 12.1. The zero-order chi connectivity index (χ0) is 17.8. The number of carbonyl (C=O) groups is 1. The molecular formula is C17H23NO7. The van der Waals surface area contributed by atoms with Gasteiger partial charge >= 0.3 is 0 Å². The van der Waals surface area contributed by atoms with Gasteiger partial charge in [-0.1, -0.05) is 0 Å². The average Bonchev–Trinajstić information content (AvgIpc) is 3.19. The molecule has 138 valence electrons. The maximum atomic E-state index is 12.1. The van der Waals surface area contributed by atoms with E-state index in [0.29, 0.717) is 0 Å². The minimum atomic E-state index is -0.762. The molecule has 3 aliphatic heterocycles. The third-order valence-electron chi connectivity index (χ3n) is 4.46. The van der Waals surface area contributed by atoms with Gasteiger partial charge in [-0.15, -0.1) is 0 Å². The Kier molecular flexibility index (Phi) is 3.93. The topological polar surface area (TPSA) is 88.4 Å². The predicted octanol–water partition coefficient (Wildman–Crippen LogP) is 1.41. The molecule has 5 atom stereocenters. The summed E-state index contributed by atoms with van der Waals surface area (Å²) in [7, 11) is 0. The molecule has 0 radical (unpaired) electrons. The van der Waals surface area contributed by atoms with Crippen molar-refractivity contribution in [3.05, 3.63) is 24.2 Å². The van der Waals surface area contributed by atoms with E-state index in [1.807, 2.05) is 27.7 Å². The standard InChI is InChI=1S/C17H23NO7/c1-16(2)22-11-10(8-18-14(19)9-6-5-7-20-9)21-15-13(12(11)23-16)24-17(3,4)25-15/h5-7,10-13,15H,8H2,1-4H3,(H,18,19)/t10-,11-,12+,13+,15-/m0/s1. The first-order valence-electron chi connectivity index (χ1n) is 8.43. The van der Waals surface area contributed by atoms with Gasteiger partial charge in [0, 0.05) is 6.54 Å². The van der Waals surface area contributed by atoms with E-state index < -0.39 is 24.0 Å². The summed E-state index contributed by atoms with van der Waals surface area (Å²) in [6, 6.07) is 3.26. The van der Waals surface area contributed by atoms with E-state index in [9.17, 15) is 4.79 Å². The van der Waals surface area contributed by atoms with Crippen molar-refractivity contribution in [1.82, 2.24) is 5.32 Å². The van der Waals surface area contributed by atoms with Crippen molar-refractivity contribution in [2.24, 2.45) is 0 Å². The van der Waals surface area contributed by atoms with Gasteiger partial charge in [0.1, 0.15) is 24.4 Å². The van der Waals surface area contributed by atoms with E-state index in [2.05, 4.69) is 5.32 Å². The minimum Gasteiger partial charge on any atom is -0.459 e. The van der Waals surface area contributed by atoms with Gasteiger partial charge in [0.05, 0.1) is 6.26 Å². The van der Waals surface area contributed by atoms with E-state index in [0.717, 1.165) is 0 Å². The number of hydrogen-bond acceptors (Lipinski definition) is 7. The second-order valence-electron chi connectivity index (χ2n) is 7.40. The number of fused-ring (bicyclic) bond motifs is 3. The molecule has 3 aliphatic rings. The molecule has 3 fully saturated rings. The molecule has 0 aliphatic carbocycles. The van der Waals surface area contributed by atoms with E-state index in [4.69, 9.17) is 28.1 Å². The first-order valence-corrected chi connectivity index (χ1v) is 8.43. The lowest BCUT2D eigenvalue weighted by molar-refractivity contribution is -0.232. The number of carbonyl (C=O) groups excluding carboxylic acids is 1. The Labute approximate surface area is 145 Å². The molecule has 4 rings (SSSR count). The number of rotatable bonds is 3. The second-order valence-corrected chi connectivity index (χ2v) is 7.40. The third kappa shape index (κ3) is 3.20. The number of nitrogens with one attached hydrogen (secondary N) is 1. The molecule has 1 aromatic heterocycles. The van der Waals surface area contributed by atoms with Crippen molar-refractivity contribution >= 4 is 5.91 Å². The van der Waals surface area contributed by atoms with Crippen LogP contribution in [0.4, 0.5) is 0 Å². The first-order chi connectivity index (χ1) is 11.7. The van der Waals surface area contributed by atoms with Crippen molar-refractivity contribution < 1.29 is 32.9 Å². The van der Waals surface area contributed by atoms with Gasteiger partial charge in [-0.25, -0.2) is 0 Å². The lowest BCUT2D eigenvalue weighted by Crippen LogP contribution is -2.57. The smallest absolute Gasteiger partial charge is 0.287 e. The zero-order valence-corrected chi connectivity index (χ0v) is 14.7. The molecule has 0 aromatic carbocycles. The molecule has 8 heteroatoms. The number of amides is 1. The molecule has 3 saturated heterocycles. The van der Waals surface area contributed by atoms with Crippen LogP contribution in [0.1, 0.15) is 38.2 Å². The molecule has 1 N–H and O–H groups in total. The highest BCUT2D eigenvalue weighted by Crippen LogP contribution is 2.43. The number of furan rings is 1. The van der Waals surface area contributed by atoms with E-state index >= 15 is 0 Å². The van der Waals surface area contributed by atoms with Crippen LogP contribution in [-0.2, 0) is 23.7 Å². The van der Waals surface area contributed by atoms with Crippen LogP contribution >= 0.6 is 0 Å². The van der Waals surface area contributed by atoms with Crippen LogP contribution in [0.15, 0.2) is 22.8 Å². The second kappa shape index (κ2) is 5.78. The van der Waals surface area contributed by atoms with Gasteiger partial charge in [0.25, 0.3) is 5.91 Å². The molecule has 1 aromatic rings. The fraction of sp³-hybridized carbons (Fsp3) is 0.706. The monoisotopic (exact) mass is 353 g/mol. The fourth-order valence-corrected chi connectivity index (χ4v) is 3.55. The minimum absolute atomic E-state index is 0.243. The van der Waals surface area contributed by atoms with Crippen LogP contribution < -0.4 is 5.32 Å². The Balaban J connectivity index is 1.49. The Morgan fingerprint density at radius 3 is 2.44 bits per heavy atom. The maximum absolute atomic E-state index is 12.1. The average molecular weight is 353 g/mol. The molecule has 0 saturated carbocycles. The molecule has 0 spiro atoms. The lowest BCUT2D eigenvalue weighted by atomic mass is 9.99. The molecule has 8 nitrogen and oxygen atoms in total. The van der Waals surface area contributed by atoms with Crippen LogP contribution in [0.2, 0.25) is 0 Å². The predicted molar refractivity (Wildman–Crippen MR) is 83.6 cm³/mol. The van der Waals surface area contributed by atoms with E-state index in [-0.39, 0.29) is 36.5 Å². The van der Waals surface area contributed by atoms with Crippen molar-refractivity contribution in [3.63, 3.8) is 0 Å². The van der Waals surface area contributed by atoms with Crippen LogP contribution in [0.5, 0.6) is 0 Å². The van der Waals surface area contributed by atoms with Crippen molar-refractivity contribution in [2.45, 2.75) is 70.0 Å². The summed E-state index contributed by atoms with van der Waals surface area (Å²) in [6.45, 7) is 7.60. The Morgan fingerprint density at radius 2 is 1.72 bits per heavy atom. The molecule has 0 unspecified atom stereocenters. The number of ether oxygens (including phenoxy) is 5. The van der Waals surface area contributed by atoms with Gasteiger partial charge in [-0.05, 0) is 39.8 Å². The maximum Gasteiger partial charge on any atom is 0.287 e. The third-order valence-corrected chi connectivity index (χ3v) is 4.46. The quantitative estimate of drug-likeness (QED) is 0.879. The molecular weight excluding hydrogens is 330 g/mol. The zero-order valence-electron chi connectivity index (χ0n) is 14.7. The highest BCUT2D eigenvalue weighted by atomic mass is 16.9. The SMILES string of the molecule is CC1(C)O[C@@H]2[C@@H](O1)[C@H](CNC(=O)c1ccco1)O[C@H]1OC(C)(C)O[C@@H]12. The summed E-state index contributed by atoms with van der Waals surface area (Å²) < 4.78 is 34.9. The molecule has 0 bridgehead atoms. The van der Waals surface area contributed by atoms with Crippen LogP contribution in [-0.4, -0.2) is 54.7 Å². The van der Waals surface area contributed by atoms with Gasteiger partial charge in [-0.2, -0.15) is 0 Å². The normalized spacial score (nSPS) is 38.2. The molecule has 1 amide bonds. The van der Waals surface area contributed by atoms with E-state index in [1.165, 1.54) is 6.26 Å². The fourth-order valence-electron chi connectivity index (χ4n) is 3.55. The Hall–Kier alpha value is -1.45. The summed E-state index contributed by atoms with van der Waals surface area (Å²) >= 11 is 0. The van der Waals surface area contributed by atoms with Gasteiger partial charge < -0.3 is 33.4 Å². The van der Waals surface area contributed by atoms with Crippen LogP contribution in [0.25, 0.3) is 0 Å². The Bertz CT molecular complexity index is 641. The van der Waals surface area contributed by atoms with E-state index in [1.54, 1.807) is 12.1 Å². The summed E-state index contributed by atoms with van der Waals surface area (Å²) in [5.41, 5.74) is 0. The van der Waals surface area contributed by atoms with Crippen molar-refractivity contribution in [3.8, 4) is 0 Å². The molecule has 4 heterocycles.